The van der Waals surface area contributed by atoms with Crippen molar-refractivity contribution < 1.29 is 4.79 Å². The van der Waals surface area contributed by atoms with Crippen molar-refractivity contribution >= 4 is 22.5 Å². The number of fused-ring (bicyclic) bond motifs is 2. The SMILES string of the molecule is CCCN1C(=O)C(Cc2nc3ccccc3c(=O)n2-c2ccc(C)cc2)c2ccccc21. The molecule has 1 unspecified atom stereocenters. The molecule has 4 aromatic rings. The first-order valence-electron chi connectivity index (χ1n) is 11.1. The molecule has 5 heteroatoms. The Labute approximate surface area is 187 Å². The Hall–Kier alpha value is -3.73. The Bertz CT molecular complexity index is 1370. The molecule has 0 fully saturated rings. The van der Waals surface area contributed by atoms with Gasteiger partial charge in [-0.05, 0) is 49.2 Å². The molecular formula is C27H25N3O2. The van der Waals surface area contributed by atoms with Crippen LogP contribution in [0.4, 0.5) is 5.69 Å². The van der Waals surface area contributed by atoms with Crippen LogP contribution in [-0.4, -0.2) is 22.0 Å². The van der Waals surface area contributed by atoms with E-state index in [1.807, 2.05) is 78.6 Å². The average Bonchev–Trinajstić information content (AvgIpc) is 3.07. The van der Waals surface area contributed by atoms with Crippen LogP contribution in [0.25, 0.3) is 16.6 Å². The van der Waals surface area contributed by atoms with E-state index in [0.717, 1.165) is 28.9 Å². The standard InChI is InChI=1S/C27H25N3O2/c1-3-16-29-24-11-7-5-8-20(24)22(26(29)31)17-25-28-23-10-6-4-9-21(23)27(32)30(25)19-14-12-18(2)13-15-19/h4-15,22H,3,16-17H2,1-2H3. The van der Waals surface area contributed by atoms with Gasteiger partial charge in [0, 0.05) is 18.7 Å². The second kappa shape index (κ2) is 8.08. The average molecular weight is 424 g/mol. The Morgan fingerprint density at radius 3 is 2.41 bits per heavy atom. The molecular weight excluding hydrogens is 398 g/mol. The number of carbonyl (C=O) groups is 1. The van der Waals surface area contributed by atoms with Crippen molar-refractivity contribution in [3.63, 3.8) is 0 Å². The van der Waals surface area contributed by atoms with Crippen LogP contribution in [0, 0.1) is 6.92 Å². The zero-order valence-electron chi connectivity index (χ0n) is 18.3. The summed E-state index contributed by atoms with van der Waals surface area (Å²) in [6.45, 7) is 4.77. The summed E-state index contributed by atoms with van der Waals surface area (Å²) in [5.74, 6) is 0.317. The van der Waals surface area contributed by atoms with Gasteiger partial charge in [0.05, 0.1) is 22.5 Å². The lowest BCUT2D eigenvalue weighted by molar-refractivity contribution is -0.119. The number of benzene rings is 3. The Balaban J connectivity index is 1.68. The largest absolute Gasteiger partial charge is 0.312 e. The summed E-state index contributed by atoms with van der Waals surface area (Å²) < 4.78 is 1.67. The van der Waals surface area contributed by atoms with Crippen molar-refractivity contribution in [3.05, 3.63) is 100 Å². The molecule has 0 N–H and O–H groups in total. The van der Waals surface area contributed by atoms with Gasteiger partial charge in [-0.1, -0.05) is 55.0 Å². The maximum Gasteiger partial charge on any atom is 0.265 e. The van der Waals surface area contributed by atoms with Gasteiger partial charge in [-0.2, -0.15) is 0 Å². The zero-order valence-corrected chi connectivity index (χ0v) is 18.3. The lowest BCUT2D eigenvalue weighted by Gasteiger charge is -2.18. The van der Waals surface area contributed by atoms with Gasteiger partial charge in [0.15, 0.2) is 0 Å². The van der Waals surface area contributed by atoms with Crippen molar-refractivity contribution in [3.8, 4) is 5.69 Å². The quantitative estimate of drug-likeness (QED) is 0.464. The van der Waals surface area contributed by atoms with Crippen LogP contribution in [-0.2, 0) is 11.2 Å². The first-order valence-corrected chi connectivity index (χ1v) is 11.1. The van der Waals surface area contributed by atoms with Gasteiger partial charge in [-0.25, -0.2) is 4.98 Å². The summed E-state index contributed by atoms with van der Waals surface area (Å²) in [6.07, 6.45) is 1.25. The van der Waals surface area contributed by atoms with Crippen LogP contribution in [0.2, 0.25) is 0 Å². The van der Waals surface area contributed by atoms with Crippen LogP contribution < -0.4 is 10.5 Å². The molecule has 0 saturated carbocycles. The fourth-order valence-electron chi connectivity index (χ4n) is 4.58. The van der Waals surface area contributed by atoms with Crippen LogP contribution in [0.1, 0.15) is 36.2 Å². The monoisotopic (exact) mass is 423 g/mol. The van der Waals surface area contributed by atoms with E-state index >= 15 is 0 Å². The third-order valence-corrected chi connectivity index (χ3v) is 6.14. The fourth-order valence-corrected chi connectivity index (χ4v) is 4.58. The number of para-hydroxylation sites is 2. The number of carbonyl (C=O) groups excluding carboxylic acids is 1. The molecule has 1 aliphatic rings. The Morgan fingerprint density at radius 2 is 1.62 bits per heavy atom. The molecule has 3 aromatic carbocycles. The molecule has 2 heterocycles. The smallest absolute Gasteiger partial charge is 0.265 e. The van der Waals surface area contributed by atoms with E-state index in [0.29, 0.717) is 29.7 Å². The second-order valence-electron chi connectivity index (χ2n) is 8.33. The van der Waals surface area contributed by atoms with Crippen LogP contribution in [0.15, 0.2) is 77.6 Å². The number of anilines is 1. The van der Waals surface area contributed by atoms with E-state index in [2.05, 4.69) is 6.92 Å². The molecule has 1 amide bonds. The van der Waals surface area contributed by atoms with Gasteiger partial charge < -0.3 is 4.90 Å². The number of hydrogen-bond donors (Lipinski definition) is 0. The van der Waals surface area contributed by atoms with Gasteiger partial charge in [-0.15, -0.1) is 0 Å². The normalized spacial score (nSPS) is 15.4. The van der Waals surface area contributed by atoms with E-state index in [9.17, 15) is 9.59 Å². The van der Waals surface area contributed by atoms with Gasteiger partial charge in [0.25, 0.3) is 5.56 Å². The van der Waals surface area contributed by atoms with E-state index in [4.69, 9.17) is 4.98 Å². The van der Waals surface area contributed by atoms with Crippen LogP contribution >= 0.6 is 0 Å². The topological polar surface area (TPSA) is 55.2 Å². The summed E-state index contributed by atoms with van der Waals surface area (Å²) in [6, 6.07) is 23.2. The third-order valence-electron chi connectivity index (χ3n) is 6.14. The highest BCUT2D eigenvalue weighted by Crippen LogP contribution is 2.39. The second-order valence-corrected chi connectivity index (χ2v) is 8.33. The van der Waals surface area contributed by atoms with Crippen LogP contribution in [0.3, 0.4) is 0 Å². The number of hydrogen-bond acceptors (Lipinski definition) is 3. The molecule has 1 aromatic heterocycles. The van der Waals surface area contributed by atoms with Gasteiger partial charge in [-0.3, -0.25) is 14.2 Å². The first kappa shape index (κ1) is 20.2. The summed E-state index contributed by atoms with van der Waals surface area (Å²) in [4.78, 5) is 33.7. The zero-order chi connectivity index (χ0) is 22.2. The highest BCUT2D eigenvalue weighted by molar-refractivity contribution is 6.05. The summed E-state index contributed by atoms with van der Waals surface area (Å²) >= 11 is 0. The third kappa shape index (κ3) is 3.30. The fraction of sp³-hybridized carbons (Fsp3) is 0.222. The number of amides is 1. The maximum atomic E-state index is 13.5. The van der Waals surface area contributed by atoms with Crippen molar-refractivity contribution in [2.45, 2.75) is 32.6 Å². The molecule has 0 radical (unpaired) electrons. The maximum absolute atomic E-state index is 13.5. The lowest BCUT2D eigenvalue weighted by Crippen LogP contribution is -2.31. The summed E-state index contributed by atoms with van der Waals surface area (Å²) in [7, 11) is 0. The van der Waals surface area contributed by atoms with E-state index in [-0.39, 0.29) is 17.4 Å². The molecule has 0 saturated heterocycles. The molecule has 32 heavy (non-hydrogen) atoms. The molecule has 0 bridgehead atoms. The molecule has 1 aliphatic heterocycles. The minimum absolute atomic E-state index is 0.0749. The van der Waals surface area contributed by atoms with Gasteiger partial charge in [0.1, 0.15) is 5.82 Å². The molecule has 0 spiro atoms. The highest BCUT2D eigenvalue weighted by Gasteiger charge is 2.37. The van der Waals surface area contributed by atoms with Crippen molar-refractivity contribution in [1.82, 2.24) is 9.55 Å². The minimum atomic E-state index is -0.359. The van der Waals surface area contributed by atoms with Gasteiger partial charge in [0.2, 0.25) is 5.91 Å². The van der Waals surface area contributed by atoms with Gasteiger partial charge >= 0.3 is 0 Å². The molecule has 5 rings (SSSR count). The van der Waals surface area contributed by atoms with Crippen molar-refractivity contribution in [1.29, 1.82) is 0 Å². The van der Waals surface area contributed by atoms with Crippen molar-refractivity contribution in [2.75, 3.05) is 11.4 Å². The molecule has 160 valence electrons. The van der Waals surface area contributed by atoms with Crippen LogP contribution in [0.5, 0.6) is 0 Å². The number of aromatic nitrogens is 2. The summed E-state index contributed by atoms with van der Waals surface area (Å²) in [5.41, 5.74) is 4.39. The Morgan fingerprint density at radius 1 is 0.906 bits per heavy atom. The first-order chi connectivity index (χ1) is 15.6. The van der Waals surface area contributed by atoms with Crippen molar-refractivity contribution in [2.24, 2.45) is 0 Å². The highest BCUT2D eigenvalue weighted by atomic mass is 16.2. The predicted octanol–water partition coefficient (Wildman–Crippen LogP) is 4.78. The lowest BCUT2D eigenvalue weighted by atomic mass is 9.96. The predicted molar refractivity (Wildman–Crippen MR) is 128 cm³/mol. The number of rotatable bonds is 5. The van der Waals surface area contributed by atoms with E-state index in [1.54, 1.807) is 10.6 Å². The number of aryl methyl sites for hydroxylation is 1. The molecule has 1 atom stereocenters. The Kier molecular flexibility index (Phi) is 5.10. The minimum Gasteiger partial charge on any atom is -0.312 e. The van der Waals surface area contributed by atoms with E-state index in [1.165, 1.54) is 0 Å². The molecule has 5 nitrogen and oxygen atoms in total. The number of nitrogens with zero attached hydrogens (tertiary/aromatic N) is 3. The summed E-state index contributed by atoms with van der Waals surface area (Å²) in [5, 5.41) is 0.572. The molecule has 0 aliphatic carbocycles. The van der Waals surface area contributed by atoms with E-state index < -0.39 is 0 Å².